The molecule has 2 aromatic carbocycles. The average Bonchev–Trinajstić information content (AvgIpc) is 3.03. The Kier molecular flexibility index (Phi) is 5.36. The number of ether oxygens (including phenoxy) is 1. The van der Waals surface area contributed by atoms with E-state index in [1.165, 1.54) is 30.6 Å². The molecule has 0 spiro atoms. The molecule has 0 aliphatic carbocycles. The zero-order chi connectivity index (χ0) is 18.0. The molecule has 0 bridgehead atoms. The fraction of sp³-hybridized carbons (Fsp3) is 0.0588. The lowest BCUT2D eigenvalue weighted by atomic mass is 10.1. The van der Waals surface area contributed by atoms with E-state index in [0.717, 1.165) is 4.47 Å². The summed E-state index contributed by atoms with van der Waals surface area (Å²) in [6.45, 7) is 0. The number of anilines is 1. The van der Waals surface area contributed by atoms with E-state index in [9.17, 15) is 9.18 Å². The fourth-order valence-electron chi connectivity index (χ4n) is 2.13. The van der Waals surface area contributed by atoms with E-state index in [1.54, 1.807) is 29.6 Å². The summed E-state index contributed by atoms with van der Waals surface area (Å²) in [5, 5.41) is 5.16. The molecular weight excluding hydrogens is 431 g/mol. The van der Waals surface area contributed by atoms with Crippen LogP contribution >= 0.6 is 38.9 Å². The molecule has 3 aromatic rings. The molecular formula is C17H11BrClFN2O2S. The van der Waals surface area contributed by atoms with Gasteiger partial charge in [0.1, 0.15) is 0 Å². The highest BCUT2D eigenvalue weighted by Gasteiger charge is 2.14. The van der Waals surface area contributed by atoms with Gasteiger partial charge in [0.05, 0.1) is 23.4 Å². The lowest BCUT2D eigenvalue weighted by Gasteiger charge is -2.05. The Morgan fingerprint density at radius 1 is 1.32 bits per heavy atom. The molecule has 3 rings (SSSR count). The third-order valence-electron chi connectivity index (χ3n) is 3.35. The first-order valence-corrected chi connectivity index (χ1v) is 9.09. The Balaban J connectivity index is 1.79. The third kappa shape index (κ3) is 4.00. The summed E-state index contributed by atoms with van der Waals surface area (Å²) in [6.07, 6.45) is 0. The molecule has 1 N–H and O–H groups in total. The number of benzene rings is 2. The molecule has 1 aromatic heterocycles. The number of hydrogen-bond donors (Lipinski definition) is 1. The molecule has 0 aliphatic heterocycles. The molecule has 0 aliphatic rings. The van der Waals surface area contributed by atoms with Crippen molar-refractivity contribution in [2.24, 2.45) is 0 Å². The summed E-state index contributed by atoms with van der Waals surface area (Å²) in [5.41, 5.74) is 1.50. The van der Waals surface area contributed by atoms with Crippen molar-refractivity contribution in [2.75, 3.05) is 12.4 Å². The summed E-state index contributed by atoms with van der Waals surface area (Å²) in [6, 6.07) is 9.57. The second-order valence-electron chi connectivity index (χ2n) is 4.97. The van der Waals surface area contributed by atoms with E-state index in [0.29, 0.717) is 27.0 Å². The zero-order valence-electron chi connectivity index (χ0n) is 12.8. The van der Waals surface area contributed by atoms with E-state index in [4.69, 9.17) is 16.3 Å². The van der Waals surface area contributed by atoms with Crippen LogP contribution in [0.4, 0.5) is 9.52 Å². The van der Waals surface area contributed by atoms with Gasteiger partial charge in [0.2, 0.25) is 0 Å². The van der Waals surface area contributed by atoms with Crippen LogP contribution in [0.3, 0.4) is 0 Å². The van der Waals surface area contributed by atoms with Crippen molar-refractivity contribution in [3.63, 3.8) is 0 Å². The number of halogens is 3. The number of carbonyl (C=O) groups is 1. The lowest BCUT2D eigenvalue weighted by molar-refractivity contribution is 0.102. The monoisotopic (exact) mass is 440 g/mol. The minimum atomic E-state index is -0.472. The van der Waals surface area contributed by atoms with E-state index >= 15 is 0 Å². The van der Waals surface area contributed by atoms with E-state index in [-0.39, 0.29) is 11.7 Å². The third-order valence-corrected chi connectivity index (χ3v) is 4.91. The van der Waals surface area contributed by atoms with E-state index < -0.39 is 5.82 Å². The van der Waals surface area contributed by atoms with Crippen molar-refractivity contribution >= 4 is 49.9 Å². The molecule has 1 heterocycles. The molecule has 0 saturated carbocycles. The predicted molar refractivity (Wildman–Crippen MR) is 101 cm³/mol. The number of rotatable bonds is 4. The number of nitrogens with zero attached hydrogens (tertiary/aromatic N) is 1. The van der Waals surface area contributed by atoms with Gasteiger partial charge in [-0.1, -0.05) is 27.5 Å². The Morgan fingerprint density at radius 2 is 2.12 bits per heavy atom. The first-order valence-electron chi connectivity index (χ1n) is 7.04. The molecule has 0 unspecified atom stereocenters. The number of amides is 1. The minimum absolute atomic E-state index is 0.164. The van der Waals surface area contributed by atoms with Gasteiger partial charge in [0.25, 0.3) is 5.91 Å². The molecule has 128 valence electrons. The molecule has 1 amide bonds. The maximum absolute atomic E-state index is 13.8. The first-order chi connectivity index (χ1) is 12.0. The van der Waals surface area contributed by atoms with Gasteiger partial charge in [-0.3, -0.25) is 10.1 Å². The van der Waals surface area contributed by atoms with Crippen molar-refractivity contribution in [3.8, 4) is 17.0 Å². The van der Waals surface area contributed by atoms with Gasteiger partial charge in [0, 0.05) is 15.4 Å². The largest absolute Gasteiger partial charge is 0.494 e. The van der Waals surface area contributed by atoms with Gasteiger partial charge in [-0.2, -0.15) is 0 Å². The van der Waals surface area contributed by atoms with Crippen LogP contribution in [0.5, 0.6) is 5.75 Å². The highest BCUT2D eigenvalue weighted by Crippen LogP contribution is 2.29. The summed E-state index contributed by atoms with van der Waals surface area (Å²) in [5.74, 6) is -0.670. The van der Waals surface area contributed by atoms with Gasteiger partial charge in [-0.15, -0.1) is 11.3 Å². The molecule has 4 nitrogen and oxygen atoms in total. The maximum Gasteiger partial charge on any atom is 0.258 e. The van der Waals surface area contributed by atoms with Crippen molar-refractivity contribution in [2.45, 2.75) is 0 Å². The van der Waals surface area contributed by atoms with Crippen LogP contribution in [0.1, 0.15) is 10.4 Å². The number of nitrogens with one attached hydrogen (secondary N) is 1. The normalized spacial score (nSPS) is 10.6. The highest BCUT2D eigenvalue weighted by atomic mass is 79.9. The van der Waals surface area contributed by atoms with Crippen LogP contribution in [0, 0.1) is 5.82 Å². The SMILES string of the molecule is COc1ccc(-c2csc(NC(=O)c3ccc(Br)cc3Cl)n2)cc1F. The zero-order valence-corrected chi connectivity index (χ0v) is 16.0. The Bertz CT molecular complexity index is 948. The summed E-state index contributed by atoms with van der Waals surface area (Å²) in [4.78, 5) is 16.6. The van der Waals surface area contributed by atoms with E-state index in [1.807, 2.05) is 0 Å². The van der Waals surface area contributed by atoms with Gasteiger partial charge < -0.3 is 4.74 Å². The van der Waals surface area contributed by atoms with Crippen LogP contribution in [0.15, 0.2) is 46.3 Å². The van der Waals surface area contributed by atoms with Crippen molar-refractivity contribution in [1.82, 2.24) is 4.98 Å². The van der Waals surface area contributed by atoms with Crippen molar-refractivity contribution in [3.05, 3.63) is 62.7 Å². The average molecular weight is 442 g/mol. The fourth-order valence-corrected chi connectivity index (χ4v) is 3.60. The van der Waals surface area contributed by atoms with Crippen LogP contribution in [0.2, 0.25) is 5.02 Å². The van der Waals surface area contributed by atoms with Crippen molar-refractivity contribution < 1.29 is 13.9 Å². The molecule has 8 heteroatoms. The molecule has 0 fully saturated rings. The molecule has 0 radical (unpaired) electrons. The molecule has 0 saturated heterocycles. The Hall–Kier alpha value is -1.96. The second-order valence-corrected chi connectivity index (χ2v) is 7.15. The van der Waals surface area contributed by atoms with Crippen molar-refractivity contribution in [1.29, 1.82) is 0 Å². The summed E-state index contributed by atoms with van der Waals surface area (Å²) < 4.78 is 19.5. The van der Waals surface area contributed by atoms with Crippen LogP contribution in [0.25, 0.3) is 11.3 Å². The highest BCUT2D eigenvalue weighted by molar-refractivity contribution is 9.10. The summed E-state index contributed by atoms with van der Waals surface area (Å²) >= 11 is 10.6. The maximum atomic E-state index is 13.8. The molecule has 25 heavy (non-hydrogen) atoms. The summed E-state index contributed by atoms with van der Waals surface area (Å²) in [7, 11) is 1.40. The lowest BCUT2D eigenvalue weighted by Crippen LogP contribution is -2.12. The number of methoxy groups -OCH3 is 1. The quantitative estimate of drug-likeness (QED) is 0.571. The van der Waals surface area contributed by atoms with Gasteiger partial charge >= 0.3 is 0 Å². The Morgan fingerprint density at radius 3 is 2.80 bits per heavy atom. The number of aromatic nitrogens is 1. The number of carbonyl (C=O) groups excluding carboxylic acids is 1. The number of thiazole rings is 1. The predicted octanol–water partition coefficient (Wildman–Crippen LogP) is 5.63. The van der Waals surface area contributed by atoms with Crippen LogP contribution < -0.4 is 10.1 Å². The smallest absolute Gasteiger partial charge is 0.258 e. The molecule has 0 atom stereocenters. The van der Waals surface area contributed by atoms with Gasteiger partial charge in [0.15, 0.2) is 16.7 Å². The van der Waals surface area contributed by atoms with Crippen LogP contribution in [-0.4, -0.2) is 18.0 Å². The van der Waals surface area contributed by atoms with Crippen LogP contribution in [-0.2, 0) is 0 Å². The van der Waals surface area contributed by atoms with E-state index in [2.05, 4.69) is 26.2 Å². The second kappa shape index (κ2) is 7.51. The number of hydrogen-bond acceptors (Lipinski definition) is 4. The van der Waals surface area contributed by atoms with Gasteiger partial charge in [-0.25, -0.2) is 9.37 Å². The first kappa shape index (κ1) is 17.8. The standard InChI is InChI=1S/C17H11BrClFN2O2S/c1-24-15-5-2-9(6-13(15)20)14-8-25-17(21-14)22-16(23)11-4-3-10(18)7-12(11)19/h2-8H,1H3,(H,21,22,23). The Labute approximate surface area is 160 Å². The topological polar surface area (TPSA) is 51.2 Å². The minimum Gasteiger partial charge on any atom is -0.494 e. The van der Waals surface area contributed by atoms with Gasteiger partial charge in [-0.05, 0) is 36.4 Å².